The maximum atomic E-state index is 2.48. The van der Waals surface area contributed by atoms with Crippen LogP contribution in [0.3, 0.4) is 0 Å². The molecule has 0 aliphatic carbocycles. The molecule has 0 aromatic carbocycles. The fourth-order valence-electron chi connectivity index (χ4n) is 2.17. The van der Waals surface area contributed by atoms with Gasteiger partial charge in [0.05, 0.1) is 6.67 Å². The third kappa shape index (κ3) is 2.30. The molecular formula is C13H26N2. The summed E-state index contributed by atoms with van der Waals surface area (Å²) in [5, 5.41) is 0. The van der Waals surface area contributed by atoms with Gasteiger partial charge in [0.25, 0.3) is 0 Å². The minimum Gasteiger partial charge on any atom is -0.351 e. The normalized spacial score (nSPS) is 19.2. The molecule has 0 unspecified atom stereocenters. The van der Waals surface area contributed by atoms with Crippen molar-refractivity contribution in [3.8, 4) is 0 Å². The molecule has 0 aromatic rings. The van der Waals surface area contributed by atoms with E-state index in [4.69, 9.17) is 0 Å². The molecule has 0 spiro atoms. The van der Waals surface area contributed by atoms with Gasteiger partial charge in [-0.25, -0.2) is 0 Å². The highest BCUT2D eigenvalue weighted by atomic mass is 15.4. The lowest BCUT2D eigenvalue weighted by atomic mass is 10.1. The van der Waals surface area contributed by atoms with E-state index in [1.807, 2.05) is 0 Å². The van der Waals surface area contributed by atoms with Crippen molar-refractivity contribution in [3.05, 3.63) is 11.4 Å². The Morgan fingerprint density at radius 1 is 0.733 bits per heavy atom. The van der Waals surface area contributed by atoms with Crippen molar-refractivity contribution >= 4 is 0 Å². The summed E-state index contributed by atoms with van der Waals surface area (Å²) in [7, 11) is 0. The molecule has 2 heteroatoms. The van der Waals surface area contributed by atoms with E-state index < -0.39 is 0 Å². The molecule has 1 rings (SSSR count). The van der Waals surface area contributed by atoms with Gasteiger partial charge in [-0.15, -0.1) is 0 Å². The topological polar surface area (TPSA) is 6.48 Å². The molecule has 0 bridgehead atoms. The average Bonchev–Trinajstić information content (AvgIpc) is 2.26. The van der Waals surface area contributed by atoms with Crippen LogP contribution in [0.5, 0.6) is 0 Å². The molecule has 2 nitrogen and oxygen atoms in total. The molecule has 0 atom stereocenters. The van der Waals surface area contributed by atoms with Crippen LogP contribution in [0.1, 0.15) is 55.4 Å². The first kappa shape index (κ1) is 12.4. The zero-order chi connectivity index (χ0) is 12.0. The zero-order valence-corrected chi connectivity index (χ0v) is 11.6. The van der Waals surface area contributed by atoms with Gasteiger partial charge < -0.3 is 9.80 Å². The lowest BCUT2D eigenvalue weighted by molar-refractivity contribution is 0.0978. The Balaban J connectivity index is 2.99. The third-order valence-electron chi connectivity index (χ3n) is 3.24. The number of rotatable bonds is 0. The standard InChI is InChI=1S/C13H26N2/c1-10-11(2)15(13(6,7)8)9-14(10)12(3,4)5/h9H2,1-8H3. The van der Waals surface area contributed by atoms with Crippen LogP contribution in [-0.4, -0.2) is 27.5 Å². The van der Waals surface area contributed by atoms with Crippen molar-refractivity contribution < 1.29 is 0 Å². The summed E-state index contributed by atoms with van der Waals surface area (Å²) in [4.78, 5) is 4.96. The Morgan fingerprint density at radius 3 is 1.13 bits per heavy atom. The fraction of sp³-hybridized carbons (Fsp3) is 0.846. The minimum atomic E-state index is 0.214. The number of hydrogen-bond acceptors (Lipinski definition) is 2. The summed E-state index contributed by atoms with van der Waals surface area (Å²) in [6.07, 6.45) is 0. The average molecular weight is 210 g/mol. The van der Waals surface area contributed by atoms with E-state index in [0.717, 1.165) is 6.67 Å². The molecule has 0 saturated heterocycles. The van der Waals surface area contributed by atoms with Gasteiger partial charge in [-0.3, -0.25) is 0 Å². The smallest absolute Gasteiger partial charge is 0.0908 e. The molecule has 1 heterocycles. The largest absolute Gasteiger partial charge is 0.351 e. The minimum absolute atomic E-state index is 0.214. The first-order valence-corrected chi connectivity index (χ1v) is 5.78. The predicted octanol–water partition coefficient (Wildman–Crippen LogP) is 3.41. The maximum absolute atomic E-state index is 2.48. The van der Waals surface area contributed by atoms with Gasteiger partial charge in [0.15, 0.2) is 0 Å². The van der Waals surface area contributed by atoms with E-state index in [1.54, 1.807) is 0 Å². The van der Waals surface area contributed by atoms with Crippen LogP contribution in [0.2, 0.25) is 0 Å². The SMILES string of the molecule is CC1=C(C)N(C(C)(C)C)CN1C(C)(C)C. The number of allylic oxidation sites excluding steroid dienone is 2. The lowest BCUT2D eigenvalue weighted by Gasteiger charge is -2.39. The van der Waals surface area contributed by atoms with Crippen LogP contribution < -0.4 is 0 Å². The van der Waals surface area contributed by atoms with Crippen molar-refractivity contribution in [1.82, 2.24) is 9.80 Å². The van der Waals surface area contributed by atoms with Crippen molar-refractivity contribution in [2.75, 3.05) is 6.67 Å². The lowest BCUT2D eigenvalue weighted by Crippen LogP contribution is -2.46. The van der Waals surface area contributed by atoms with Crippen LogP contribution in [-0.2, 0) is 0 Å². The molecule has 0 radical (unpaired) electrons. The predicted molar refractivity (Wildman–Crippen MR) is 66.4 cm³/mol. The first-order valence-electron chi connectivity index (χ1n) is 5.78. The second-order valence-corrected chi connectivity index (χ2v) is 6.51. The molecule has 0 aromatic heterocycles. The highest BCUT2D eigenvalue weighted by Gasteiger charge is 2.35. The molecule has 1 aliphatic rings. The van der Waals surface area contributed by atoms with Crippen molar-refractivity contribution in [2.24, 2.45) is 0 Å². The quantitative estimate of drug-likeness (QED) is 0.604. The van der Waals surface area contributed by atoms with Gasteiger partial charge in [-0.2, -0.15) is 0 Å². The van der Waals surface area contributed by atoms with E-state index in [1.165, 1.54) is 11.4 Å². The molecule has 0 fully saturated rings. The molecule has 15 heavy (non-hydrogen) atoms. The summed E-state index contributed by atoms with van der Waals surface area (Å²) in [5.74, 6) is 0. The Bertz CT molecular complexity index is 248. The Labute approximate surface area is 94.9 Å². The van der Waals surface area contributed by atoms with Gasteiger partial charge in [0.2, 0.25) is 0 Å². The van der Waals surface area contributed by atoms with Crippen LogP contribution in [0, 0.1) is 0 Å². The van der Waals surface area contributed by atoms with Crippen molar-refractivity contribution in [1.29, 1.82) is 0 Å². The number of hydrogen-bond donors (Lipinski definition) is 0. The van der Waals surface area contributed by atoms with E-state index in [0.29, 0.717) is 0 Å². The highest BCUT2D eigenvalue weighted by molar-refractivity contribution is 5.18. The molecule has 1 aliphatic heterocycles. The molecule has 0 saturated carbocycles. The first-order chi connectivity index (χ1) is 6.55. The fourth-order valence-corrected chi connectivity index (χ4v) is 2.17. The van der Waals surface area contributed by atoms with E-state index in [2.05, 4.69) is 65.2 Å². The molecule has 88 valence electrons. The van der Waals surface area contributed by atoms with Crippen molar-refractivity contribution in [3.63, 3.8) is 0 Å². The van der Waals surface area contributed by atoms with Crippen molar-refractivity contribution in [2.45, 2.75) is 66.5 Å². The van der Waals surface area contributed by atoms with Crippen LogP contribution in [0.25, 0.3) is 0 Å². The molecular weight excluding hydrogens is 184 g/mol. The maximum Gasteiger partial charge on any atom is 0.0908 e. The second-order valence-electron chi connectivity index (χ2n) is 6.51. The van der Waals surface area contributed by atoms with Crippen LogP contribution in [0.4, 0.5) is 0 Å². The van der Waals surface area contributed by atoms with Gasteiger partial charge in [-0.1, -0.05) is 0 Å². The van der Waals surface area contributed by atoms with Gasteiger partial charge in [0, 0.05) is 22.5 Å². The molecule has 0 N–H and O–H groups in total. The summed E-state index contributed by atoms with van der Waals surface area (Å²) in [6, 6.07) is 0. The number of nitrogens with zero attached hydrogens (tertiary/aromatic N) is 2. The second kappa shape index (κ2) is 3.43. The van der Waals surface area contributed by atoms with Gasteiger partial charge >= 0.3 is 0 Å². The Kier molecular flexibility index (Phi) is 2.84. The van der Waals surface area contributed by atoms with E-state index in [-0.39, 0.29) is 11.1 Å². The zero-order valence-electron chi connectivity index (χ0n) is 11.6. The monoisotopic (exact) mass is 210 g/mol. The van der Waals surface area contributed by atoms with Gasteiger partial charge in [-0.05, 0) is 55.4 Å². The van der Waals surface area contributed by atoms with Crippen LogP contribution >= 0.6 is 0 Å². The van der Waals surface area contributed by atoms with Crippen LogP contribution in [0.15, 0.2) is 11.4 Å². The summed E-state index contributed by atoms with van der Waals surface area (Å²) in [5.41, 5.74) is 3.26. The Morgan fingerprint density at radius 2 is 1.00 bits per heavy atom. The van der Waals surface area contributed by atoms with Gasteiger partial charge in [0.1, 0.15) is 0 Å². The molecule has 0 amide bonds. The van der Waals surface area contributed by atoms with E-state index >= 15 is 0 Å². The summed E-state index contributed by atoms with van der Waals surface area (Å²) < 4.78 is 0. The van der Waals surface area contributed by atoms with E-state index in [9.17, 15) is 0 Å². The summed E-state index contributed by atoms with van der Waals surface area (Å²) in [6.45, 7) is 19.1. The summed E-state index contributed by atoms with van der Waals surface area (Å²) >= 11 is 0. The highest BCUT2D eigenvalue weighted by Crippen LogP contribution is 2.34. The third-order valence-corrected chi connectivity index (χ3v) is 3.24. The Hall–Kier alpha value is -0.660.